The quantitative estimate of drug-likeness (QED) is 0.0200. The molecule has 0 bridgehead atoms. The third-order valence-electron chi connectivity index (χ3n) is 18.5. The molecule has 11 aromatic rings. The minimum atomic E-state index is -0.528. The Labute approximate surface area is 605 Å². The minimum absolute atomic E-state index is 0. The summed E-state index contributed by atoms with van der Waals surface area (Å²) in [5.74, 6) is 0.966. The van der Waals surface area contributed by atoms with Crippen molar-refractivity contribution in [2.45, 2.75) is 143 Å². The summed E-state index contributed by atoms with van der Waals surface area (Å²) >= 11 is 8.51. The maximum atomic E-state index is 12.8. The molecule has 0 spiro atoms. The van der Waals surface area contributed by atoms with E-state index in [9.17, 15) is 14.4 Å². The van der Waals surface area contributed by atoms with Gasteiger partial charge in [-0.15, -0.1) is 22.7 Å². The van der Waals surface area contributed by atoms with Gasteiger partial charge in [-0.05, 0) is 190 Å². The van der Waals surface area contributed by atoms with Crippen molar-refractivity contribution >= 4 is 98.8 Å². The number of thiocarbonyl (C=S) groups is 1. The fraction of sp³-hybridized carbons (Fsp3) is 0.321. The number of hydroxylamine groups is 1. The summed E-state index contributed by atoms with van der Waals surface area (Å²) in [5.41, 5.74) is 18.2. The number of fused-ring (bicyclic) bond motifs is 3. The van der Waals surface area contributed by atoms with E-state index in [1.807, 2.05) is 195 Å². The van der Waals surface area contributed by atoms with Crippen molar-refractivity contribution in [3.05, 3.63) is 247 Å². The average molecular weight is 1410 g/mol. The van der Waals surface area contributed by atoms with Gasteiger partial charge >= 0.3 is 11.9 Å². The number of nitrogens with zero attached hydrogens (tertiary/aromatic N) is 5. The van der Waals surface area contributed by atoms with E-state index in [1.165, 1.54) is 0 Å². The van der Waals surface area contributed by atoms with E-state index in [0.29, 0.717) is 50.5 Å². The molecule has 1 amide bonds. The lowest BCUT2D eigenvalue weighted by atomic mass is 9.93. The fourth-order valence-electron chi connectivity index (χ4n) is 13.4. The van der Waals surface area contributed by atoms with Gasteiger partial charge in [-0.2, -0.15) is 0 Å². The molecule has 0 saturated heterocycles. The number of esters is 2. The second-order valence-corrected chi connectivity index (χ2v) is 30.7. The summed E-state index contributed by atoms with van der Waals surface area (Å²) in [6, 6.07) is 54.6. The molecule has 3 radical (unpaired) electrons. The Morgan fingerprint density at radius 2 is 0.861 bits per heavy atom. The monoisotopic (exact) mass is 1400 g/mol. The molecule has 517 valence electrons. The molecule has 6 aromatic carbocycles. The molecule has 5 heterocycles. The average Bonchev–Trinajstić information content (AvgIpc) is 1.58. The van der Waals surface area contributed by atoms with Gasteiger partial charge in [0.2, 0.25) is 5.91 Å². The minimum Gasteiger partial charge on any atom is -0.489 e. The number of benzene rings is 6. The van der Waals surface area contributed by atoms with Gasteiger partial charge in [-0.3, -0.25) is 34.5 Å². The van der Waals surface area contributed by atoms with Gasteiger partial charge in [-0.1, -0.05) is 103 Å². The van der Waals surface area contributed by atoms with Crippen molar-refractivity contribution in [2.24, 2.45) is 28.9 Å². The highest BCUT2D eigenvalue weighted by Gasteiger charge is 2.63. The second kappa shape index (κ2) is 30.4. The molecule has 6 atom stereocenters. The second-order valence-electron chi connectivity index (χ2n) is 28.5. The summed E-state index contributed by atoms with van der Waals surface area (Å²) in [6.45, 7) is 18.7. The van der Waals surface area contributed by atoms with Crippen LogP contribution in [-0.2, 0) is 73.8 Å². The zero-order valence-electron chi connectivity index (χ0n) is 58.3. The molecule has 3 aliphatic rings. The number of carbonyl (C=O) groups excluding carboxylic acids is 3. The highest BCUT2D eigenvalue weighted by molar-refractivity contribution is 7.80. The largest absolute Gasteiger partial charge is 0.489 e. The molecule has 0 aliphatic heterocycles. The maximum Gasteiger partial charge on any atom is 0.310 e. The zero-order valence-corrected chi connectivity index (χ0v) is 60.8. The number of aryl methyl sites for hydroxylation is 3. The Hall–Kier alpha value is -9.47. The summed E-state index contributed by atoms with van der Waals surface area (Å²) in [4.78, 5) is 60.6. The highest BCUT2D eigenvalue weighted by Crippen LogP contribution is 2.59. The van der Waals surface area contributed by atoms with E-state index in [4.69, 9.17) is 46.8 Å². The Bertz CT molecular complexity index is 4760. The number of ether oxygens (including phenoxy) is 5. The van der Waals surface area contributed by atoms with Crippen molar-refractivity contribution in [3.63, 3.8) is 0 Å². The predicted octanol–water partition coefficient (Wildman–Crippen LogP) is 15.9. The first kappa shape index (κ1) is 72.8. The van der Waals surface area contributed by atoms with E-state index in [1.54, 1.807) is 34.4 Å². The van der Waals surface area contributed by atoms with Crippen LogP contribution in [0.3, 0.4) is 0 Å². The van der Waals surface area contributed by atoms with Crippen LogP contribution in [-0.4, -0.2) is 72.6 Å². The molecular weight excluding hydrogens is 1320 g/mol. The smallest absolute Gasteiger partial charge is 0.310 e. The summed E-state index contributed by atoms with van der Waals surface area (Å²) < 4.78 is 29.5. The molecule has 3 saturated carbocycles. The van der Waals surface area contributed by atoms with Gasteiger partial charge < -0.3 is 29.4 Å². The number of nitrogens with two attached hydrogens (primary N) is 1. The first-order chi connectivity index (χ1) is 47.9. The van der Waals surface area contributed by atoms with Crippen LogP contribution < -0.4 is 25.4 Å². The molecule has 5 aromatic heterocycles. The van der Waals surface area contributed by atoms with E-state index in [2.05, 4.69) is 73.5 Å². The lowest BCUT2D eigenvalue weighted by Gasteiger charge is -2.21. The molecule has 14 rings (SSSR count). The van der Waals surface area contributed by atoms with E-state index >= 15 is 0 Å². The number of thiazole rings is 2. The number of carbonyl (C=O) groups is 3. The van der Waals surface area contributed by atoms with Crippen LogP contribution in [0, 0.1) is 43.9 Å². The number of hydrogen-bond donors (Lipinski definition) is 3. The van der Waals surface area contributed by atoms with Crippen LogP contribution in [0.5, 0.6) is 17.2 Å². The van der Waals surface area contributed by atoms with Crippen LogP contribution >= 0.6 is 34.9 Å². The lowest BCUT2D eigenvalue weighted by molar-refractivity contribution is -0.158. The van der Waals surface area contributed by atoms with E-state index in [-0.39, 0.29) is 54.8 Å². The first-order valence-electron chi connectivity index (χ1n) is 33.6. The van der Waals surface area contributed by atoms with Crippen molar-refractivity contribution in [1.82, 2.24) is 30.4 Å². The number of para-hydroxylation sites is 3. The van der Waals surface area contributed by atoms with Crippen molar-refractivity contribution < 1.29 is 43.3 Å². The molecule has 20 heteroatoms. The molecular formula is C81H83BN7O9S3. The van der Waals surface area contributed by atoms with Gasteiger partial charge in [0.25, 0.3) is 0 Å². The standard InChI is InChI=1S/C29H30N2O3S.C27H30N2O3S.C25H23N3O3S.B/c1-19-15-21(23-7-5-6-8-25(23)31-19)18-33-22-11-9-20(10-12-22)16-29(27-30-13-14-35-27)17-24(29)26(32)34-28(2,3)4;1-17-13-19(21-7-5-6-8-23(21)29-17)16-31-20-11-9-18(10-12-20)14-27(25(28)33)15-22(27)24(30)32-26(2,3)4;1-16-12-18(20-4-2-3-5-22(20)27-16)15-31-19-8-6-17(7-9-19)13-25(24-26-10-11-32-24)14-21(25)23(29)28-30;/h5-15,24H,16-18H2,1-4H3;5-13,22H,14-16H2,1-4H3,(H2,28,33);2-12,21,30H,13-15H2,1H3,(H,28,29);/t24?,29-;22?,27-;21?,25-;/m000./s1. The topological polar surface area (TPSA) is 220 Å². The van der Waals surface area contributed by atoms with Gasteiger partial charge in [0.1, 0.15) is 48.3 Å². The van der Waals surface area contributed by atoms with Crippen molar-refractivity contribution in [1.29, 1.82) is 0 Å². The number of amides is 1. The summed E-state index contributed by atoms with van der Waals surface area (Å²) in [5, 5.41) is 18.2. The number of rotatable bonds is 21. The van der Waals surface area contributed by atoms with E-state index in [0.717, 1.165) is 123 Å². The maximum absolute atomic E-state index is 12.8. The van der Waals surface area contributed by atoms with Crippen molar-refractivity contribution in [2.75, 3.05) is 0 Å². The molecule has 3 aliphatic carbocycles. The van der Waals surface area contributed by atoms with Crippen LogP contribution in [0.15, 0.2) is 187 Å². The van der Waals surface area contributed by atoms with Crippen LogP contribution in [0.4, 0.5) is 0 Å². The molecule has 16 nitrogen and oxygen atoms in total. The van der Waals surface area contributed by atoms with E-state index < -0.39 is 16.6 Å². The molecule has 3 fully saturated rings. The number of hydrogen-bond acceptors (Lipinski definition) is 17. The Morgan fingerprint density at radius 3 is 1.21 bits per heavy atom. The number of nitrogens with one attached hydrogen (secondary N) is 1. The summed E-state index contributed by atoms with van der Waals surface area (Å²) in [7, 11) is 0. The van der Waals surface area contributed by atoms with Crippen molar-refractivity contribution in [3.8, 4) is 17.2 Å². The summed E-state index contributed by atoms with van der Waals surface area (Å²) in [6.07, 6.45) is 7.70. The van der Waals surface area contributed by atoms with Crippen LogP contribution in [0.2, 0.25) is 0 Å². The predicted molar refractivity (Wildman–Crippen MR) is 401 cm³/mol. The normalized spacial score (nSPS) is 19.4. The van der Waals surface area contributed by atoms with Crippen LogP contribution in [0.1, 0.15) is 121 Å². The first-order valence-corrected chi connectivity index (χ1v) is 35.8. The highest BCUT2D eigenvalue weighted by atomic mass is 32.1. The lowest BCUT2D eigenvalue weighted by Crippen LogP contribution is -2.32. The van der Waals surface area contributed by atoms with Crippen LogP contribution in [0.25, 0.3) is 32.7 Å². The third-order valence-corrected chi connectivity index (χ3v) is 20.9. The zero-order chi connectivity index (χ0) is 70.6. The molecule has 101 heavy (non-hydrogen) atoms. The van der Waals surface area contributed by atoms with Gasteiger partial charge in [0.05, 0.1) is 49.3 Å². The van der Waals surface area contributed by atoms with Gasteiger partial charge in [-0.25, -0.2) is 15.4 Å². The molecule has 4 N–H and O–H groups in total. The van der Waals surface area contributed by atoms with Gasteiger partial charge in [0, 0.05) is 97.7 Å². The Morgan fingerprint density at radius 1 is 0.515 bits per heavy atom. The SMILES string of the molecule is Cc1cc(COc2ccc(C[C@]3(C(N)=S)CC3C(=O)OC(C)(C)C)cc2)c2ccccc2n1.Cc1cc(COc2ccc(C[C@]3(c4nccs4)CC3C(=O)NO)cc2)c2ccccc2n1.Cc1cc(COc2ccc(C[C@]3(c4nccs4)CC3C(=O)OC(C)(C)C)cc2)c2ccccc2n1.[B]. The number of pyridine rings is 3. The third kappa shape index (κ3) is 17.3. The van der Waals surface area contributed by atoms with Gasteiger partial charge in [0.15, 0.2) is 0 Å². The Balaban J connectivity index is 0.000000152. The molecule has 3 unspecified atom stereocenters. The number of aromatic nitrogens is 5. The fourth-order valence-corrected chi connectivity index (χ4v) is 15.5. The Kier molecular flexibility index (Phi) is 21.9.